The van der Waals surface area contributed by atoms with E-state index in [2.05, 4.69) is 4.98 Å². The Bertz CT molecular complexity index is 1440. The molecule has 4 aromatic rings. The van der Waals surface area contributed by atoms with Crippen molar-refractivity contribution in [3.63, 3.8) is 0 Å². The first kappa shape index (κ1) is 21.8. The van der Waals surface area contributed by atoms with Crippen LogP contribution in [0.2, 0.25) is 10.0 Å². The fourth-order valence-electron chi connectivity index (χ4n) is 3.84. The molecule has 0 aliphatic carbocycles. The summed E-state index contributed by atoms with van der Waals surface area (Å²) in [6.45, 7) is 6.03. The molecule has 0 spiro atoms. The Labute approximate surface area is 191 Å². The maximum atomic E-state index is 13.2. The summed E-state index contributed by atoms with van der Waals surface area (Å²) in [5.74, 6) is -0.218. The Balaban J connectivity index is 2.22. The van der Waals surface area contributed by atoms with Crippen LogP contribution in [-0.2, 0) is 15.4 Å². The largest absolute Gasteiger partial charge is 0.506 e. The van der Waals surface area contributed by atoms with E-state index in [1.807, 2.05) is 57.2 Å². The summed E-state index contributed by atoms with van der Waals surface area (Å²) >= 11 is 12.6. The van der Waals surface area contributed by atoms with Gasteiger partial charge in [0.15, 0.2) is 0 Å². The summed E-state index contributed by atoms with van der Waals surface area (Å²) < 4.78 is 27.6. The molecule has 3 aromatic carbocycles. The Morgan fingerprint density at radius 2 is 1.68 bits per heavy atom. The average Bonchev–Trinajstić information content (AvgIpc) is 3.05. The van der Waals surface area contributed by atoms with Crippen molar-refractivity contribution >= 4 is 66.3 Å². The molecule has 1 aromatic heterocycles. The zero-order valence-electron chi connectivity index (χ0n) is 17.5. The summed E-state index contributed by atoms with van der Waals surface area (Å²) in [5, 5.41) is 12.7. The molecule has 0 atom stereocenters. The standard InChI is InChI=1S/C23H22Cl2N2O3S/c1-23(2,3)22-21(20-14-8-6-5-7-13(14)9-10-17(20)26-22)27(31(4,29)30)18-11-16(25)19(28)12-15(18)24/h5-12,26,28H,1-4H3. The number of hydrogen-bond acceptors (Lipinski definition) is 3. The predicted molar refractivity (Wildman–Crippen MR) is 130 cm³/mol. The van der Waals surface area contributed by atoms with Crippen molar-refractivity contribution in [3.8, 4) is 5.75 Å². The quantitative estimate of drug-likeness (QED) is 0.344. The van der Waals surface area contributed by atoms with Crippen molar-refractivity contribution in [1.29, 1.82) is 0 Å². The van der Waals surface area contributed by atoms with Gasteiger partial charge >= 0.3 is 0 Å². The van der Waals surface area contributed by atoms with E-state index in [0.717, 1.165) is 33.6 Å². The minimum absolute atomic E-state index is 0.00931. The van der Waals surface area contributed by atoms with Crippen LogP contribution in [0, 0.1) is 0 Å². The number of aromatic nitrogens is 1. The lowest BCUT2D eigenvalue weighted by molar-refractivity contribution is 0.475. The summed E-state index contributed by atoms with van der Waals surface area (Å²) in [7, 11) is -3.85. The first-order valence-corrected chi connectivity index (χ1v) is 12.2. The molecule has 0 bridgehead atoms. The van der Waals surface area contributed by atoms with Gasteiger partial charge in [-0.05, 0) is 22.9 Å². The number of hydrogen-bond donors (Lipinski definition) is 2. The zero-order chi connectivity index (χ0) is 22.7. The van der Waals surface area contributed by atoms with E-state index < -0.39 is 15.4 Å². The Morgan fingerprint density at radius 1 is 1.00 bits per heavy atom. The molecule has 2 N–H and O–H groups in total. The van der Waals surface area contributed by atoms with Gasteiger partial charge in [0, 0.05) is 28.1 Å². The van der Waals surface area contributed by atoms with Gasteiger partial charge in [0.2, 0.25) is 10.0 Å². The number of aromatic hydroxyl groups is 1. The zero-order valence-corrected chi connectivity index (χ0v) is 19.8. The van der Waals surface area contributed by atoms with Crippen molar-refractivity contribution in [2.75, 3.05) is 10.6 Å². The van der Waals surface area contributed by atoms with E-state index in [0.29, 0.717) is 5.69 Å². The molecule has 0 amide bonds. The van der Waals surface area contributed by atoms with Crippen LogP contribution < -0.4 is 4.31 Å². The minimum atomic E-state index is -3.85. The van der Waals surface area contributed by atoms with Crippen LogP contribution in [0.3, 0.4) is 0 Å². The number of phenols is 1. The number of sulfonamides is 1. The van der Waals surface area contributed by atoms with Crippen molar-refractivity contribution < 1.29 is 13.5 Å². The number of H-pyrrole nitrogens is 1. The van der Waals surface area contributed by atoms with Gasteiger partial charge in [-0.15, -0.1) is 0 Å². The molecule has 0 radical (unpaired) electrons. The van der Waals surface area contributed by atoms with Crippen LogP contribution in [-0.4, -0.2) is 24.8 Å². The van der Waals surface area contributed by atoms with E-state index in [1.54, 1.807) is 0 Å². The first-order chi connectivity index (χ1) is 14.4. The number of benzene rings is 3. The number of nitrogens with one attached hydrogen (secondary N) is 1. The number of halogens is 2. The van der Waals surface area contributed by atoms with Crippen LogP contribution >= 0.6 is 23.2 Å². The Morgan fingerprint density at radius 3 is 2.32 bits per heavy atom. The summed E-state index contributed by atoms with van der Waals surface area (Å²) in [4.78, 5) is 3.43. The molecular formula is C23H22Cl2N2O3S. The van der Waals surface area contributed by atoms with Gasteiger partial charge in [-0.25, -0.2) is 12.7 Å². The van der Waals surface area contributed by atoms with Crippen molar-refractivity contribution in [3.05, 3.63) is 64.3 Å². The topological polar surface area (TPSA) is 73.4 Å². The first-order valence-electron chi connectivity index (χ1n) is 9.62. The fourth-order valence-corrected chi connectivity index (χ4v) is 5.31. The third-order valence-electron chi connectivity index (χ3n) is 5.18. The summed E-state index contributed by atoms with van der Waals surface area (Å²) in [6, 6.07) is 14.4. The van der Waals surface area contributed by atoms with Gasteiger partial charge in [-0.2, -0.15) is 0 Å². The molecular weight excluding hydrogens is 455 g/mol. The van der Waals surface area contributed by atoms with E-state index in [-0.39, 0.29) is 21.5 Å². The lowest BCUT2D eigenvalue weighted by Crippen LogP contribution is -2.28. The van der Waals surface area contributed by atoms with E-state index in [4.69, 9.17) is 23.2 Å². The highest BCUT2D eigenvalue weighted by molar-refractivity contribution is 7.92. The molecule has 0 fully saturated rings. The third-order valence-corrected chi connectivity index (χ3v) is 6.83. The molecule has 1 heterocycles. The van der Waals surface area contributed by atoms with Crippen molar-refractivity contribution in [1.82, 2.24) is 4.98 Å². The number of nitrogens with zero attached hydrogens (tertiary/aromatic N) is 1. The predicted octanol–water partition coefficient (Wildman–Crippen LogP) is 6.73. The van der Waals surface area contributed by atoms with Gasteiger partial charge in [0.05, 0.1) is 27.7 Å². The highest BCUT2D eigenvalue weighted by Gasteiger charge is 2.33. The lowest BCUT2D eigenvalue weighted by Gasteiger charge is -2.28. The summed E-state index contributed by atoms with van der Waals surface area (Å²) in [5.41, 5.74) is 1.81. The number of rotatable bonds is 3. The summed E-state index contributed by atoms with van der Waals surface area (Å²) in [6.07, 6.45) is 1.13. The highest BCUT2D eigenvalue weighted by atomic mass is 35.5. The number of phenolic OH excluding ortho intramolecular Hbond substituents is 1. The highest BCUT2D eigenvalue weighted by Crippen LogP contribution is 2.47. The molecule has 0 saturated heterocycles. The minimum Gasteiger partial charge on any atom is -0.506 e. The monoisotopic (exact) mass is 476 g/mol. The van der Waals surface area contributed by atoms with E-state index in [1.165, 1.54) is 16.4 Å². The second kappa shape index (κ2) is 7.33. The van der Waals surface area contributed by atoms with Crippen LogP contribution in [0.5, 0.6) is 5.75 Å². The SMILES string of the molecule is CC(C)(C)c1[nH]c2ccc3ccccc3c2c1N(c1cc(Cl)c(O)cc1Cl)S(C)(=O)=O. The molecule has 0 saturated carbocycles. The normalized spacial score (nSPS) is 12.6. The van der Waals surface area contributed by atoms with Gasteiger partial charge in [0.1, 0.15) is 5.75 Å². The van der Waals surface area contributed by atoms with Crippen molar-refractivity contribution in [2.24, 2.45) is 0 Å². The third kappa shape index (κ3) is 3.73. The van der Waals surface area contributed by atoms with Gasteiger partial charge in [-0.1, -0.05) is 74.3 Å². The van der Waals surface area contributed by atoms with E-state index >= 15 is 0 Å². The molecule has 4 rings (SSSR count). The average molecular weight is 477 g/mol. The second-order valence-corrected chi connectivity index (χ2v) is 11.2. The van der Waals surface area contributed by atoms with Crippen LogP contribution in [0.4, 0.5) is 11.4 Å². The Kier molecular flexibility index (Phi) is 5.16. The van der Waals surface area contributed by atoms with Gasteiger partial charge < -0.3 is 10.1 Å². The second-order valence-electron chi connectivity index (χ2n) is 8.59. The van der Waals surface area contributed by atoms with Crippen LogP contribution in [0.1, 0.15) is 26.5 Å². The van der Waals surface area contributed by atoms with Gasteiger partial charge in [0.25, 0.3) is 0 Å². The smallest absolute Gasteiger partial charge is 0.236 e. The van der Waals surface area contributed by atoms with Crippen LogP contribution in [0.25, 0.3) is 21.7 Å². The molecule has 8 heteroatoms. The maximum Gasteiger partial charge on any atom is 0.236 e. The Hall–Kier alpha value is -2.41. The van der Waals surface area contributed by atoms with Gasteiger partial charge in [-0.3, -0.25) is 0 Å². The molecule has 0 aliphatic heterocycles. The number of aromatic amines is 1. The molecule has 0 unspecified atom stereocenters. The van der Waals surface area contributed by atoms with Crippen molar-refractivity contribution in [2.45, 2.75) is 26.2 Å². The molecule has 162 valence electrons. The molecule has 31 heavy (non-hydrogen) atoms. The molecule has 0 aliphatic rings. The fraction of sp³-hybridized carbons (Fsp3) is 0.217. The van der Waals surface area contributed by atoms with E-state index in [9.17, 15) is 13.5 Å². The number of fused-ring (bicyclic) bond motifs is 3. The lowest BCUT2D eigenvalue weighted by atomic mass is 9.90. The molecule has 5 nitrogen and oxygen atoms in total. The van der Waals surface area contributed by atoms with Crippen LogP contribution in [0.15, 0.2) is 48.5 Å². The number of anilines is 2. The maximum absolute atomic E-state index is 13.2.